The summed E-state index contributed by atoms with van der Waals surface area (Å²) in [6.45, 7) is 8.44. The molecule has 0 fully saturated rings. The lowest BCUT2D eigenvalue weighted by molar-refractivity contribution is -0.139. The Bertz CT molecular complexity index is 1400. The standard InChI is InChI=1S/C30H31N3O3S/c1-18-9-10-31-27(13-18)32-16-23-15-26(37-17-23)24-7-5-22(6-8-24)14-25(30(35)36)33-29(34)28-20(3)11-19(2)12-21(28)4/h5-13,15,17,25H,14,16H2,1-4H3,(H,31,32)(H,33,34)(H,35,36)/t25-/m0/s1. The highest BCUT2D eigenvalue weighted by molar-refractivity contribution is 7.13. The molecule has 7 heteroatoms. The first-order valence-electron chi connectivity index (χ1n) is 12.1. The van der Waals surface area contributed by atoms with Gasteiger partial charge in [-0.3, -0.25) is 4.79 Å². The van der Waals surface area contributed by atoms with Gasteiger partial charge in [0.05, 0.1) is 0 Å². The summed E-state index contributed by atoms with van der Waals surface area (Å²) in [5.41, 5.74) is 7.52. The van der Waals surface area contributed by atoms with Crippen molar-refractivity contribution in [1.29, 1.82) is 0 Å². The van der Waals surface area contributed by atoms with Crippen LogP contribution in [0.3, 0.4) is 0 Å². The highest BCUT2D eigenvalue weighted by atomic mass is 32.1. The summed E-state index contributed by atoms with van der Waals surface area (Å²) in [7, 11) is 0. The Morgan fingerprint density at radius 3 is 2.27 bits per heavy atom. The highest BCUT2D eigenvalue weighted by Gasteiger charge is 2.23. The Kier molecular flexibility index (Phi) is 8.04. The van der Waals surface area contributed by atoms with E-state index in [0.717, 1.165) is 44.1 Å². The summed E-state index contributed by atoms with van der Waals surface area (Å²) in [5, 5.41) is 18.0. The summed E-state index contributed by atoms with van der Waals surface area (Å²) < 4.78 is 0. The summed E-state index contributed by atoms with van der Waals surface area (Å²) >= 11 is 1.66. The second-order valence-electron chi connectivity index (χ2n) is 9.43. The number of pyridine rings is 1. The number of hydrogen-bond acceptors (Lipinski definition) is 5. The molecule has 2 aromatic carbocycles. The smallest absolute Gasteiger partial charge is 0.326 e. The molecule has 0 radical (unpaired) electrons. The number of aliphatic carboxylic acids is 1. The number of carbonyl (C=O) groups is 2. The maximum Gasteiger partial charge on any atom is 0.326 e. The molecular formula is C30H31N3O3S. The largest absolute Gasteiger partial charge is 0.480 e. The number of thiophene rings is 1. The second-order valence-corrected chi connectivity index (χ2v) is 10.3. The van der Waals surface area contributed by atoms with Gasteiger partial charge in [-0.25, -0.2) is 9.78 Å². The summed E-state index contributed by atoms with van der Waals surface area (Å²) in [6, 6.07) is 16.8. The van der Waals surface area contributed by atoms with Gasteiger partial charge < -0.3 is 15.7 Å². The van der Waals surface area contributed by atoms with E-state index in [1.165, 1.54) is 5.56 Å². The Balaban J connectivity index is 1.40. The van der Waals surface area contributed by atoms with E-state index in [4.69, 9.17) is 0 Å². The first-order valence-corrected chi connectivity index (χ1v) is 13.0. The zero-order valence-electron chi connectivity index (χ0n) is 21.5. The van der Waals surface area contributed by atoms with Gasteiger partial charge in [0, 0.05) is 29.6 Å². The molecule has 4 rings (SSSR count). The number of rotatable bonds is 9. The van der Waals surface area contributed by atoms with Crippen molar-refractivity contribution in [3.63, 3.8) is 0 Å². The average Bonchev–Trinajstić information content (AvgIpc) is 3.31. The van der Waals surface area contributed by atoms with E-state index >= 15 is 0 Å². The van der Waals surface area contributed by atoms with Crippen LogP contribution in [0.25, 0.3) is 10.4 Å². The van der Waals surface area contributed by atoms with Crippen molar-refractivity contribution in [2.24, 2.45) is 0 Å². The van der Waals surface area contributed by atoms with Crippen molar-refractivity contribution in [1.82, 2.24) is 10.3 Å². The fourth-order valence-electron chi connectivity index (χ4n) is 4.45. The fourth-order valence-corrected chi connectivity index (χ4v) is 5.38. The number of carbonyl (C=O) groups excluding carboxylic acids is 1. The van der Waals surface area contributed by atoms with E-state index in [2.05, 4.69) is 27.1 Å². The number of hydrogen-bond donors (Lipinski definition) is 3. The van der Waals surface area contributed by atoms with Crippen LogP contribution in [0.2, 0.25) is 0 Å². The van der Waals surface area contributed by atoms with Gasteiger partial charge in [-0.2, -0.15) is 0 Å². The van der Waals surface area contributed by atoms with Crippen LogP contribution in [-0.4, -0.2) is 28.0 Å². The predicted octanol–water partition coefficient (Wildman–Crippen LogP) is 6.08. The lowest BCUT2D eigenvalue weighted by Crippen LogP contribution is -2.42. The van der Waals surface area contributed by atoms with E-state index in [0.29, 0.717) is 12.1 Å². The van der Waals surface area contributed by atoms with Crippen LogP contribution in [0.5, 0.6) is 0 Å². The predicted molar refractivity (Wildman–Crippen MR) is 149 cm³/mol. The van der Waals surface area contributed by atoms with E-state index in [9.17, 15) is 14.7 Å². The normalized spacial score (nSPS) is 11.7. The van der Waals surface area contributed by atoms with Crippen molar-refractivity contribution in [2.75, 3.05) is 5.32 Å². The molecule has 3 N–H and O–H groups in total. The summed E-state index contributed by atoms with van der Waals surface area (Å²) in [5.74, 6) is -0.567. The number of nitrogens with zero attached hydrogens (tertiary/aromatic N) is 1. The van der Waals surface area contributed by atoms with Crippen molar-refractivity contribution in [3.8, 4) is 10.4 Å². The first kappa shape index (κ1) is 26.1. The molecule has 0 saturated heterocycles. The van der Waals surface area contributed by atoms with Gasteiger partial charge in [-0.15, -0.1) is 11.3 Å². The Hall–Kier alpha value is -3.97. The quantitative estimate of drug-likeness (QED) is 0.252. The average molecular weight is 514 g/mol. The molecule has 1 amide bonds. The number of anilines is 1. The molecule has 0 spiro atoms. The molecule has 0 aliphatic rings. The van der Waals surface area contributed by atoms with Gasteiger partial charge in [0.15, 0.2) is 0 Å². The van der Waals surface area contributed by atoms with Crippen molar-refractivity contribution >= 4 is 29.0 Å². The molecular weight excluding hydrogens is 482 g/mol. The first-order chi connectivity index (χ1) is 17.7. The van der Waals surface area contributed by atoms with Crippen molar-refractivity contribution in [3.05, 3.63) is 105 Å². The Morgan fingerprint density at radius 1 is 0.919 bits per heavy atom. The molecule has 2 aromatic heterocycles. The van der Waals surface area contributed by atoms with Crippen LogP contribution >= 0.6 is 11.3 Å². The minimum Gasteiger partial charge on any atom is -0.480 e. The number of benzene rings is 2. The van der Waals surface area contributed by atoms with Crippen LogP contribution in [0.1, 0.15) is 43.7 Å². The monoisotopic (exact) mass is 513 g/mol. The SMILES string of the molecule is Cc1ccnc(NCc2csc(-c3ccc(C[C@H](NC(=O)c4c(C)cc(C)cc4C)C(=O)O)cc3)c2)c1. The van der Waals surface area contributed by atoms with Crippen molar-refractivity contribution in [2.45, 2.75) is 46.7 Å². The van der Waals surface area contributed by atoms with E-state index < -0.39 is 12.0 Å². The van der Waals surface area contributed by atoms with Crippen LogP contribution in [0.4, 0.5) is 5.82 Å². The second kappa shape index (κ2) is 11.4. The number of amides is 1. The third kappa shape index (κ3) is 6.62. The molecule has 4 aromatic rings. The minimum absolute atomic E-state index is 0.203. The van der Waals surface area contributed by atoms with Gasteiger partial charge in [0.25, 0.3) is 5.91 Å². The van der Waals surface area contributed by atoms with Crippen LogP contribution < -0.4 is 10.6 Å². The third-order valence-corrected chi connectivity index (χ3v) is 7.26. The zero-order chi connectivity index (χ0) is 26.5. The molecule has 2 heterocycles. The van der Waals surface area contributed by atoms with Gasteiger partial charge in [0.2, 0.25) is 0 Å². The lowest BCUT2D eigenvalue weighted by atomic mass is 9.98. The van der Waals surface area contributed by atoms with Crippen LogP contribution in [0, 0.1) is 27.7 Å². The fraction of sp³-hybridized carbons (Fsp3) is 0.233. The lowest BCUT2D eigenvalue weighted by Gasteiger charge is -2.17. The van der Waals surface area contributed by atoms with Crippen molar-refractivity contribution < 1.29 is 14.7 Å². The molecule has 190 valence electrons. The summed E-state index contributed by atoms with van der Waals surface area (Å²) in [4.78, 5) is 30.3. The number of carboxylic acid groups (broad SMARTS) is 1. The van der Waals surface area contributed by atoms with E-state index in [1.807, 2.05) is 76.2 Å². The third-order valence-electron chi connectivity index (χ3n) is 6.23. The minimum atomic E-state index is -1.06. The van der Waals surface area contributed by atoms with Gasteiger partial charge in [-0.1, -0.05) is 42.0 Å². The zero-order valence-corrected chi connectivity index (χ0v) is 22.3. The van der Waals surface area contributed by atoms with E-state index in [-0.39, 0.29) is 12.3 Å². The van der Waals surface area contributed by atoms with Gasteiger partial charge >= 0.3 is 5.97 Å². The number of aromatic nitrogens is 1. The maximum absolute atomic E-state index is 12.9. The molecule has 1 atom stereocenters. The molecule has 6 nitrogen and oxygen atoms in total. The molecule has 0 bridgehead atoms. The maximum atomic E-state index is 12.9. The molecule has 0 aliphatic heterocycles. The van der Waals surface area contributed by atoms with Gasteiger partial charge in [-0.05, 0) is 84.7 Å². The Labute approximate surface area is 221 Å². The number of carboxylic acids is 1. The highest BCUT2D eigenvalue weighted by Crippen LogP contribution is 2.28. The van der Waals surface area contributed by atoms with Crippen LogP contribution in [-0.2, 0) is 17.8 Å². The topological polar surface area (TPSA) is 91.3 Å². The van der Waals surface area contributed by atoms with Gasteiger partial charge in [0.1, 0.15) is 11.9 Å². The molecule has 37 heavy (non-hydrogen) atoms. The summed E-state index contributed by atoms with van der Waals surface area (Å²) in [6.07, 6.45) is 2.00. The molecule has 0 saturated carbocycles. The molecule has 0 unspecified atom stereocenters. The molecule has 0 aliphatic carbocycles. The Morgan fingerprint density at radius 2 is 1.62 bits per heavy atom. The van der Waals surface area contributed by atoms with E-state index in [1.54, 1.807) is 17.5 Å². The number of nitrogens with one attached hydrogen (secondary N) is 2. The van der Waals surface area contributed by atoms with Crippen LogP contribution in [0.15, 0.2) is 66.2 Å². The number of aryl methyl sites for hydroxylation is 4.